The van der Waals surface area contributed by atoms with Crippen LogP contribution in [0.4, 0.5) is 0 Å². The predicted octanol–water partition coefficient (Wildman–Crippen LogP) is 3.49. The summed E-state index contributed by atoms with van der Waals surface area (Å²) in [5, 5.41) is 3.87. The number of halogens is 1. The molecule has 136 valence electrons. The normalized spacial score (nSPS) is 12.9. The zero-order chi connectivity index (χ0) is 18.9. The van der Waals surface area contributed by atoms with Crippen molar-refractivity contribution < 1.29 is 17.6 Å². The van der Waals surface area contributed by atoms with Crippen molar-refractivity contribution >= 4 is 38.5 Å². The maximum Gasteiger partial charge on any atom is 0.253 e. The second-order valence-corrected chi connectivity index (χ2v) is 8.02. The molecule has 1 heterocycles. The Balaban J connectivity index is 1.86. The number of fused-ring (bicyclic) bond motifs is 1. The molecule has 0 spiro atoms. The Kier molecular flexibility index (Phi) is 5.04. The molecule has 0 saturated carbocycles. The highest BCUT2D eigenvalue weighted by atomic mass is 35.5. The van der Waals surface area contributed by atoms with Crippen LogP contribution in [0.5, 0.6) is 0 Å². The molecule has 1 aromatic heterocycles. The van der Waals surface area contributed by atoms with E-state index >= 15 is 0 Å². The monoisotopic (exact) mass is 392 g/mol. The number of rotatable bonds is 5. The first-order chi connectivity index (χ1) is 12.3. The molecule has 2 N–H and O–H groups in total. The SMILES string of the molecule is CNS(=O)(=O)c1ccc(Cl)c(C(=O)N[C@H](C)c2cc3ccccc3o2)c1. The van der Waals surface area contributed by atoms with Crippen molar-refractivity contribution in [3.05, 3.63) is 64.9 Å². The number of nitrogens with one attached hydrogen (secondary N) is 2. The molecule has 0 aliphatic heterocycles. The first-order valence-electron chi connectivity index (χ1n) is 7.84. The molecule has 2 aromatic carbocycles. The summed E-state index contributed by atoms with van der Waals surface area (Å²) in [4.78, 5) is 12.5. The van der Waals surface area contributed by atoms with Gasteiger partial charge in [0.1, 0.15) is 11.3 Å². The van der Waals surface area contributed by atoms with Gasteiger partial charge in [0.25, 0.3) is 5.91 Å². The van der Waals surface area contributed by atoms with Crippen molar-refractivity contribution in [1.29, 1.82) is 0 Å². The van der Waals surface area contributed by atoms with E-state index in [0.717, 1.165) is 11.0 Å². The Morgan fingerprint density at radius 3 is 2.58 bits per heavy atom. The van der Waals surface area contributed by atoms with Crippen molar-refractivity contribution in [3.8, 4) is 0 Å². The Hall–Kier alpha value is -2.35. The minimum atomic E-state index is -3.68. The van der Waals surface area contributed by atoms with Gasteiger partial charge in [-0.25, -0.2) is 13.1 Å². The number of carbonyl (C=O) groups excluding carboxylic acids is 1. The summed E-state index contributed by atoms with van der Waals surface area (Å²) < 4.78 is 31.8. The smallest absolute Gasteiger partial charge is 0.253 e. The largest absolute Gasteiger partial charge is 0.459 e. The van der Waals surface area contributed by atoms with Gasteiger partial charge >= 0.3 is 0 Å². The summed E-state index contributed by atoms with van der Waals surface area (Å²) in [7, 11) is -2.38. The third kappa shape index (κ3) is 3.60. The lowest BCUT2D eigenvalue weighted by atomic mass is 10.1. The quantitative estimate of drug-likeness (QED) is 0.695. The van der Waals surface area contributed by atoms with E-state index in [2.05, 4.69) is 10.0 Å². The lowest BCUT2D eigenvalue weighted by Crippen LogP contribution is -2.27. The molecule has 0 aliphatic carbocycles. The van der Waals surface area contributed by atoms with Gasteiger partial charge in [-0.3, -0.25) is 4.79 Å². The van der Waals surface area contributed by atoms with Gasteiger partial charge in [0.15, 0.2) is 0 Å². The third-order valence-electron chi connectivity index (χ3n) is 3.98. The molecule has 0 saturated heterocycles. The van der Waals surface area contributed by atoms with Crippen LogP contribution >= 0.6 is 11.6 Å². The van der Waals surface area contributed by atoms with E-state index < -0.39 is 22.0 Å². The lowest BCUT2D eigenvalue weighted by molar-refractivity contribution is 0.0935. The number of para-hydroxylation sites is 1. The van der Waals surface area contributed by atoms with Crippen molar-refractivity contribution in [1.82, 2.24) is 10.0 Å². The van der Waals surface area contributed by atoms with Crippen molar-refractivity contribution in [2.75, 3.05) is 7.05 Å². The maximum atomic E-state index is 12.6. The lowest BCUT2D eigenvalue weighted by Gasteiger charge is -2.13. The molecule has 0 aliphatic rings. The number of carbonyl (C=O) groups is 1. The number of sulfonamides is 1. The zero-order valence-corrected chi connectivity index (χ0v) is 15.7. The van der Waals surface area contributed by atoms with Crippen molar-refractivity contribution in [3.63, 3.8) is 0 Å². The van der Waals surface area contributed by atoms with E-state index in [0.29, 0.717) is 5.76 Å². The van der Waals surface area contributed by atoms with E-state index in [-0.39, 0.29) is 15.5 Å². The molecular weight excluding hydrogens is 376 g/mol. The average Bonchev–Trinajstić information content (AvgIpc) is 3.06. The highest BCUT2D eigenvalue weighted by Gasteiger charge is 2.20. The molecule has 26 heavy (non-hydrogen) atoms. The fourth-order valence-electron chi connectivity index (χ4n) is 2.52. The molecule has 8 heteroatoms. The van der Waals surface area contributed by atoms with Gasteiger partial charge in [-0.05, 0) is 44.3 Å². The average molecular weight is 393 g/mol. The third-order valence-corrected chi connectivity index (χ3v) is 5.72. The molecule has 3 rings (SSSR count). The minimum absolute atomic E-state index is 0.0362. The van der Waals surface area contributed by atoms with Crippen LogP contribution in [0.2, 0.25) is 5.02 Å². The molecular formula is C18H17ClN2O4S. The Morgan fingerprint density at radius 2 is 1.88 bits per heavy atom. The fourth-order valence-corrected chi connectivity index (χ4v) is 3.48. The molecule has 3 aromatic rings. The summed E-state index contributed by atoms with van der Waals surface area (Å²) >= 11 is 6.08. The fraction of sp³-hybridized carbons (Fsp3) is 0.167. The molecule has 0 bridgehead atoms. The van der Waals surface area contributed by atoms with E-state index in [1.54, 1.807) is 6.92 Å². The molecule has 1 atom stereocenters. The standard InChI is InChI=1S/C18H17ClN2O4S/c1-11(17-9-12-5-3-4-6-16(12)25-17)21-18(22)14-10-13(7-8-15(14)19)26(23,24)20-2/h3-11,20H,1-2H3,(H,21,22)/t11-/m1/s1. The number of hydrogen-bond donors (Lipinski definition) is 2. The van der Waals surface area contributed by atoms with Crippen molar-refractivity contribution in [2.24, 2.45) is 0 Å². The molecule has 0 fully saturated rings. The minimum Gasteiger partial charge on any atom is -0.459 e. The highest BCUT2D eigenvalue weighted by molar-refractivity contribution is 7.89. The summed E-state index contributed by atoms with van der Waals surface area (Å²) in [6.45, 7) is 1.78. The van der Waals surface area contributed by atoms with E-state index in [4.69, 9.17) is 16.0 Å². The van der Waals surface area contributed by atoms with Crippen LogP contribution in [-0.2, 0) is 10.0 Å². The molecule has 1 amide bonds. The van der Waals surface area contributed by atoms with Gasteiger partial charge in [0.05, 0.1) is 21.5 Å². The number of amides is 1. The van der Waals surface area contributed by atoms with E-state index in [1.165, 1.54) is 25.2 Å². The summed E-state index contributed by atoms with van der Waals surface area (Å²) in [5.74, 6) is 0.103. The Morgan fingerprint density at radius 1 is 1.15 bits per heavy atom. The first-order valence-corrected chi connectivity index (χ1v) is 9.70. The van der Waals surface area contributed by atoms with Gasteiger partial charge in [-0.1, -0.05) is 29.8 Å². The molecule has 0 radical (unpaired) electrons. The van der Waals surface area contributed by atoms with Crippen LogP contribution < -0.4 is 10.0 Å². The predicted molar refractivity (Wildman–Crippen MR) is 99.8 cm³/mol. The summed E-state index contributed by atoms with van der Waals surface area (Å²) in [5.41, 5.74) is 0.801. The van der Waals surface area contributed by atoms with Crippen LogP contribution in [0.1, 0.15) is 29.1 Å². The topological polar surface area (TPSA) is 88.4 Å². The molecule has 6 nitrogen and oxygen atoms in total. The summed E-state index contributed by atoms with van der Waals surface area (Å²) in [6, 6.07) is 12.9. The van der Waals surface area contributed by atoms with Crippen LogP contribution in [0.3, 0.4) is 0 Å². The van der Waals surface area contributed by atoms with Crippen LogP contribution in [0.15, 0.2) is 57.8 Å². The van der Waals surface area contributed by atoms with Gasteiger partial charge in [0.2, 0.25) is 10.0 Å². The Bertz CT molecular complexity index is 1040. The summed E-state index contributed by atoms with van der Waals surface area (Å²) in [6.07, 6.45) is 0. The maximum absolute atomic E-state index is 12.6. The van der Waals surface area contributed by atoms with Crippen molar-refractivity contribution in [2.45, 2.75) is 17.9 Å². The number of furan rings is 1. The number of benzene rings is 2. The van der Waals surface area contributed by atoms with Crippen LogP contribution in [0.25, 0.3) is 11.0 Å². The van der Waals surface area contributed by atoms with Gasteiger partial charge in [-0.15, -0.1) is 0 Å². The van der Waals surface area contributed by atoms with E-state index in [1.807, 2.05) is 30.3 Å². The molecule has 0 unspecified atom stereocenters. The highest BCUT2D eigenvalue weighted by Crippen LogP contribution is 2.25. The van der Waals surface area contributed by atoms with Gasteiger partial charge in [-0.2, -0.15) is 0 Å². The van der Waals surface area contributed by atoms with E-state index in [9.17, 15) is 13.2 Å². The second kappa shape index (κ2) is 7.11. The zero-order valence-electron chi connectivity index (χ0n) is 14.1. The second-order valence-electron chi connectivity index (χ2n) is 5.73. The first kappa shape index (κ1) is 18.4. The Labute approximate surface area is 156 Å². The van der Waals surface area contributed by atoms with Gasteiger partial charge in [0, 0.05) is 5.39 Å². The van der Waals surface area contributed by atoms with Crippen LogP contribution in [-0.4, -0.2) is 21.4 Å². The van der Waals surface area contributed by atoms with Gasteiger partial charge < -0.3 is 9.73 Å². The van der Waals surface area contributed by atoms with Crippen LogP contribution in [0, 0.1) is 0 Å². The number of hydrogen-bond acceptors (Lipinski definition) is 4.